The molecule has 0 aromatic heterocycles. The Bertz CT molecular complexity index is 775. The van der Waals surface area contributed by atoms with Crippen LogP contribution in [0.2, 0.25) is 0 Å². The van der Waals surface area contributed by atoms with Gasteiger partial charge in [0.05, 0.1) is 0 Å². The van der Waals surface area contributed by atoms with Crippen molar-refractivity contribution in [2.75, 3.05) is 18.0 Å². The highest BCUT2D eigenvalue weighted by molar-refractivity contribution is 6.40. The first-order valence-electron chi connectivity index (χ1n) is 8.03. The molecule has 3 rings (SSSR count). The van der Waals surface area contributed by atoms with E-state index >= 15 is 0 Å². The number of nitrogens with zero attached hydrogens (tertiary/aromatic N) is 2. The van der Waals surface area contributed by atoms with Crippen molar-refractivity contribution >= 4 is 17.5 Å². The number of benzene rings is 2. The quantitative estimate of drug-likeness (QED) is 0.811. The highest BCUT2D eigenvalue weighted by Gasteiger charge is 2.33. The Labute approximate surface area is 140 Å². The van der Waals surface area contributed by atoms with E-state index in [1.54, 1.807) is 18.2 Å². The second kappa shape index (κ2) is 6.83. The molecule has 4 nitrogen and oxygen atoms in total. The van der Waals surface area contributed by atoms with Crippen molar-refractivity contribution in [3.8, 4) is 0 Å². The number of halogens is 1. The molecule has 0 bridgehead atoms. The lowest BCUT2D eigenvalue weighted by Gasteiger charge is -2.34. The number of anilines is 1. The monoisotopic (exact) mass is 326 g/mol. The Balaban J connectivity index is 1.76. The standard InChI is InChI=1S/C19H19FN2O2/c1-2-14-6-5-8-16(12-14)22-11-10-21(18(23)19(22)24)13-15-7-3-4-9-17(15)20/h3-9,12H,2,10-11,13H2,1H3. The lowest BCUT2D eigenvalue weighted by Crippen LogP contribution is -2.54. The number of piperazine rings is 1. The SMILES string of the molecule is CCc1cccc(N2CCN(Cc3ccccc3F)C(=O)C2=O)c1. The maximum Gasteiger partial charge on any atom is 0.316 e. The third-order valence-electron chi connectivity index (χ3n) is 4.26. The van der Waals surface area contributed by atoms with Gasteiger partial charge in [-0.25, -0.2) is 4.39 Å². The zero-order chi connectivity index (χ0) is 17.1. The molecule has 1 aliphatic rings. The summed E-state index contributed by atoms with van der Waals surface area (Å²) in [6, 6.07) is 13.9. The molecule has 2 aromatic rings. The molecule has 0 spiro atoms. The normalized spacial score (nSPS) is 15.1. The number of carbonyl (C=O) groups is 2. The van der Waals surface area contributed by atoms with Crippen molar-refractivity contribution in [1.82, 2.24) is 4.90 Å². The van der Waals surface area contributed by atoms with Gasteiger partial charge in [0.15, 0.2) is 0 Å². The molecule has 1 heterocycles. The fourth-order valence-corrected chi connectivity index (χ4v) is 2.85. The highest BCUT2D eigenvalue weighted by atomic mass is 19.1. The molecular weight excluding hydrogens is 307 g/mol. The van der Waals surface area contributed by atoms with Crippen LogP contribution in [-0.2, 0) is 22.6 Å². The van der Waals surface area contributed by atoms with Crippen LogP contribution in [0.1, 0.15) is 18.1 Å². The summed E-state index contributed by atoms with van der Waals surface area (Å²) >= 11 is 0. The van der Waals surface area contributed by atoms with Crippen molar-refractivity contribution in [1.29, 1.82) is 0 Å². The van der Waals surface area contributed by atoms with E-state index in [1.165, 1.54) is 15.9 Å². The third-order valence-corrected chi connectivity index (χ3v) is 4.26. The number of hydrogen-bond acceptors (Lipinski definition) is 2. The predicted molar refractivity (Wildman–Crippen MR) is 90.0 cm³/mol. The van der Waals surface area contributed by atoms with E-state index in [-0.39, 0.29) is 12.4 Å². The fraction of sp³-hybridized carbons (Fsp3) is 0.263. The summed E-state index contributed by atoms with van der Waals surface area (Å²) in [6.07, 6.45) is 0.864. The van der Waals surface area contributed by atoms with Crippen LogP contribution in [-0.4, -0.2) is 29.8 Å². The van der Waals surface area contributed by atoms with Gasteiger partial charge < -0.3 is 9.80 Å². The van der Waals surface area contributed by atoms with Crippen LogP contribution in [0, 0.1) is 5.82 Å². The smallest absolute Gasteiger partial charge is 0.316 e. The van der Waals surface area contributed by atoms with E-state index in [4.69, 9.17) is 0 Å². The van der Waals surface area contributed by atoms with Crippen LogP contribution in [0.15, 0.2) is 48.5 Å². The average Bonchev–Trinajstić information content (AvgIpc) is 2.61. The number of amides is 2. The maximum atomic E-state index is 13.8. The molecule has 2 aromatic carbocycles. The van der Waals surface area contributed by atoms with Gasteiger partial charge in [-0.1, -0.05) is 37.3 Å². The zero-order valence-corrected chi connectivity index (χ0v) is 13.5. The van der Waals surface area contributed by atoms with E-state index in [2.05, 4.69) is 0 Å². The molecule has 5 heteroatoms. The van der Waals surface area contributed by atoms with Gasteiger partial charge in [0.1, 0.15) is 5.82 Å². The lowest BCUT2D eigenvalue weighted by atomic mass is 10.1. The zero-order valence-electron chi connectivity index (χ0n) is 13.5. The molecule has 1 saturated heterocycles. The average molecular weight is 326 g/mol. The van der Waals surface area contributed by atoms with E-state index in [0.717, 1.165) is 17.7 Å². The van der Waals surface area contributed by atoms with Gasteiger partial charge in [0, 0.05) is 30.9 Å². The molecule has 1 aliphatic heterocycles. The van der Waals surface area contributed by atoms with Gasteiger partial charge in [-0.2, -0.15) is 0 Å². The Hall–Kier alpha value is -2.69. The summed E-state index contributed by atoms with van der Waals surface area (Å²) in [7, 11) is 0. The van der Waals surface area contributed by atoms with Crippen molar-refractivity contribution in [2.24, 2.45) is 0 Å². The van der Waals surface area contributed by atoms with Crippen LogP contribution in [0.25, 0.3) is 0 Å². The third kappa shape index (κ3) is 3.15. The first kappa shape index (κ1) is 16.2. The van der Waals surface area contributed by atoms with Gasteiger partial charge >= 0.3 is 11.8 Å². The van der Waals surface area contributed by atoms with Crippen molar-refractivity contribution in [2.45, 2.75) is 19.9 Å². The van der Waals surface area contributed by atoms with Crippen LogP contribution >= 0.6 is 0 Å². The lowest BCUT2D eigenvalue weighted by molar-refractivity contribution is -0.146. The van der Waals surface area contributed by atoms with Crippen LogP contribution in [0.5, 0.6) is 0 Å². The topological polar surface area (TPSA) is 40.6 Å². The van der Waals surface area contributed by atoms with Crippen molar-refractivity contribution in [3.05, 3.63) is 65.5 Å². The van der Waals surface area contributed by atoms with Crippen molar-refractivity contribution in [3.63, 3.8) is 0 Å². The minimum atomic E-state index is -0.591. The molecule has 2 amide bonds. The summed E-state index contributed by atoms with van der Waals surface area (Å²) in [6.45, 7) is 2.94. The van der Waals surface area contributed by atoms with E-state index in [9.17, 15) is 14.0 Å². The minimum Gasteiger partial charge on any atom is -0.328 e. The summed E-state index contributed by atoms with van der Waals surface area (Å²) in [5, 5.41) is 0. The maximum absolute atomic E-state index is 13.8. The molecule has 0 unspecified atom stereocenters. The fourth-order valence-electron chi connectivity index (χ4n) is 2.85. The molecule has 0 saturated carbocycles. The summed E-state index contributed by atoms with van der Waals surface area (Å²) in [5.74, 6) is -1.52. The Morgan fingerprint density at radius 3 is 2.54 bits per heavy atom. The molecule has 0 atom stereocenters. The van der Waals surface area contributed by atoms with Gasteiger partial charge in [0.25, 0.3) is 0 Å². The molecule has 1 fully saturated rings. The highest BCUT2D eigenvalue weighted by Crippen LogP contribution is 2.21. The second-order valence-electron chi connectivity index (χ2n) is 5.80. The summed E-state index contributed by atoms with van der Waals surface area (Å²) in [4.78, 5) is 27.7. The number of aryl methyl sites for hydroxylation is 1. The van der Waals surface area contributed by atoms with Gasteiger partial charge in [0.2, 0.25) is 0 Å². The molecule has 0 N–H and O–H groups in total. The number of rotatable bonds is 4. The second-order valence-corrected chi connectivity index (χ2v) is 5.80. The van der Waals surface area contributed by atoms with E-state index < -0.39 is 11.8 Å². The number of carbonyl (C=O) groups excluding carboxylic acids is 2. The van der Waals surface area contributed by atoms with E-state index in [0.29, 0.717) is 18.7 Å². The molecule has 124 valence electrons. The van der Waals surface area contributed by atoms with Crippen molar-refractivity contribution < 1.29 is 14.0 Å². The largest absolute Gasteiger partial charge is 0.328 e. The van der Waals surface area contributed by atoms with Gasteiger partial charge in [-0.15, -0.1) is 0 Å². The Morgan fingerprint density at radius 1 is 1.00 bits per heavy atom. The summed E-state index contributed by atoms with van der Waals surface area (Å²) in [5.41, 5.74) is 2.26. The Morgan fingerprint density at radius 2 is 1.79 bits per heavy atom. The molecular formula is C19H19FN2O2. The van der Waals surface area contributed by atoms with Gasteiger partial charge in [-0.05, 0) is 30.2 Å². The Kier molecular flexibility index (Phi) is 4.60. The summed E-state index contributed by atoms with van der Waals surface area (Å²) < 4.78 is 13.8. The first-order valence-corrected chi connectivity index (χ1v) is 8.03. The minimum absolute atomic E-state index is 0.111. The molecule has 0 aliphatic carbocycles. The first-order chi connectivity index (χ1) is 11.6. The van der Waals surface area contributed by atoms with E-state index in [1.807, 2.05) is 31.2 Å². The number of hydrogen-bond donors (Lipinski definition) is 0. The van der Waals surface area contributed by atoms with Crippen LogP contribution in [0.3, 0.4) is 0 Å². The van der Waals surface area contributed by atoms with Crippen LogP contribution in [0.4, 0.5) is 10.1 Å². The molecule has 0 radical (unpaired) electrons. The predicted octanol–water partition coefficient (Wildman–Crippen LogP) is 2.76. The van der Waals surface area contributed by atoms with Gasteiger partial charge in [-0.3, -0.25) is 9.59 Å². The van der Waals surface area contributed by atoms with Crippen LogP contribution < -0.4 is 4.90 Å². The molecule has 24 heavy (non-hydrogen) atoms.